The lowest BCUT2D eigenvalue weighted by molar-refractivity contribution is 0.310. The van der Waals surface area contributed by atoms with Crippen LogP contribution in [-0.4, -0.2) is 40.8 Å². The maximum absolute atomic E-state index is 7.00. The van der Waals surface area contributed by atoms with E-state index in [1.54, 1.807) is 24.2 Å². The average molecular weight is 388 g/mol. The summed E-state index contributed by atoms with van der Waals surface area (Å²) in [6, 6.07) is 1.77. The molecule has 0 spiro atoms. The van der Waals surface area contributed by atoms with Crippen LogP contribution < -0.4 is 10.5 Å². The van der Waals surface area contributed by atoms with Crippen molar-refractivity contribution in [3.05, 3.63) is 29.2 Å². The Hall–Kier alpha value is -1.08. The van der Waals surface area contributed by atoms with Gasteiger partial charge in [-0.15, -0.1) is 0 Å². The molecule has 1 unspecified atom stereocenters. The highest BCUT2D eigenvalue weighted by Crippen LogP contribution is 2.31. The first kappa shape index (κ1) is 23.9. The highest BCUT2D eigenvalue weighted by molar-refractivity contribution is 7.98. The number of thioether (sulfide) groups is 1. The van der Waals surface area contributed by atoms with E-state index in [4.69, 9.17) is 27.2 Å². The van der Waals surface area contributed by atoms with Gasteiger partial charge in [-0.05, 0) is 41.9 Å². The van der Waals surface area contributed by atoms with Gasteiger partial charge in [0.2, 0.25) is 5.88 Å². The summed E-state index contributed by atoms with van der Waals surface area (Å²) in [5, 5.41) is 9.29. The van der Waals surface area contributed by atoms with Gasteiger partial charge in [-0.3, -0.25) is 0 Å². The molecular weight excluding hydrogens is 358 g/mol. The minimum atomic E-state index is -0.0657. The van der Waals surface area contributed by atoms with Crippen molar-refractivity contribution < 1.29 is 9.84 Å². The highest BCUT2D eigenvalue weighted by Gasteiger charge is 2.14. The molecule has 0 saturated heterocycles. The Labute approximate surface area is 160 Å². The van der Waals surface area contributed by atoms with Crippen LogP contribution in [0.1, 0.15) is 45.2 Å². The number of aliphatic hydroxyl groups is 1. The van der Waals surface area contributed by atoms with Gasteiger partial charge in [0.15, 0.2) is 0 Å². The number of pyridine rings is 2. The van der Waals surface area contributed by atoms with Crippen molar-refractivity contribution in [2.24, 2.45) is 5.73 Å². The first-order valence-electron chi connectivity index (χ1n) is 8.43. The van der Waals surface area contributed by atoms with Crippen molar-refractivity contribution in [2.45, 2.75) is 39.7 Å². The fourth-order valence-electron chi connectivity index (χ4n) is 2.11. The van der Waals surface area contributed by atoms with Crippen LogP contribution in [-0.2, 0) is 0 Å². The standard InChI is InChI=1S/C15H20ClN3OS.C2H6.CH4O/c1-3-13(17)11-8-19-15(20-5-4-6-21-2)12-9-18-14(16)7-10(11)12;2*1-2/h7-9,13H,3-6,17H2,1-2H3;1-2H3;2H,1H3. The molecule has 3 N–H and O–H groups in total. The lowest BCUT2D eigenvalue weighted by Gasteiger charge is -2.15. The average Bonchev–Trinajstić information content (AvgIpc) is 2.67. The zero-order chi connectivity index (χ0) is 19.2. The molecule has 2 aromatic heterocycles. The highest BCUT2D eigenvalue weighted by atomic mass is 35.5. The van der Waals surface area contributed by atoms with Crippen molar-refractivity contribution in [1.29, 1.82) is 0 Å². The molecule has 0 saturated carbocycles. The molecule has 2 rings (SSSR count). The van der Waals surface area contributed by atoms with Gasteiger partial charge in [0.05, 0.1) is 12.0 Å². The van der Waals surface area contributed by atoms with Crippen LogP contribution in [0, 0.1) is 0 Å². The molecule has 0 amide bonds. The lowest BCUT2D eigenvalue weighted by atomic mass is 10.0. The monoisotopic (exact) mass is 387 g/mol. The molecule has 142 valence electrons. The summed E-state index contributed by atoms with van der Waals surface area (Å²) in [6.07, 6.45) is 7.41. The predicted octanol–water partition coefficient (Wildman–Crippen LogP) is 4.46. The molecule has 0 bridgehead atoms. The number of hydrogen-bond donors (Lipinski definition) is 2. The Kier molecular flexibility index (Phi) is 13.5. The number of fused-ring (bicyclic) bond motifs is 1. The largest absolute Gasteiger partial charge is 0.477 e. The molecule has 5 nitrogen and oxygen atoms in total. The smallest absolute Gasteiger partial charge is 0.222 e. The molecule has 2 heterocycles. The van der Waals surface area contributed by atoms with E-state index in [1.807, 2.05) is 26.8 Å². The minimum absolute atomic E-state index is 0.0657. The summed E-state index contributed by atoms with van der Waals surface area (Å²) in [5.41, 5.74) is 7.13. The molecule has 0 radical (unpaired) electrons. The van der Waals surface area contributed by atoms with Crippen molar-refractivity contribution in [3.63, 3.8) is 0 Å². The van der Waals surface area contributed by atoms with Gasteiger partial charge >= 0.3 is 0 Å². The van der Waals surface area contributed by atoms with Crippen LogP contribution in [0.25, 0.3) is 10.8 Å². The summed E-state index contributed by atoms with van der Waals surface area (Å²) in [6.45, 7) is 6.69. The number of nitrogens with zero attached hydrogens (tertiary/aromatic N) is 2. The van der Waals surface area contributed by atoms with Gasteiger partial charge in [0.25, 0.3) is 0 Å². The first-order chi connectivity index (χ1) is 12.2. The Bertz CT molecular complexity index is 614. The number of nitrogens with two attached hydrogens (primary N) is 1. The zero-order valence-electron chi connectivity index (χ0n) is 15.8. The third kappa shape index (κ3) is 7.36. The second kappa shape index (κ2) is 14.1. The third-order valence-electron chi connectivity index (χ3n) is 3.30. The van der Waals surface area contributed by atoms with Crippen molar-refractivity contribution in [1.82, 2.24) is 9.97 Å². The number of hydrogen-bond acceptors (Lipinski definition) is 6. The van der Waals surface area contributed by atoms with Crippen LogP contribution in [0.2, 0.25) is 5.15 Å². The quantitative estimate of drug-likeness (QED) is 0.539. The summed E-state index contributed by atoms with van der Waals surface area (Å²) in [4.78, 5) is 8.55. The molecule has 0 fully saturated rings. The predicted molar refractivity (Wildman–Crippen MR) is 110 cm³/mol. The zero-order valence-corrected chi connectivity index (χ0v) is 17.3. The Morgan fingerprint density at radius 3 is 2.52 bits per heavy atom. The molecule has 0 aliphatic rings. The maximum Gasteiger partial charge on any atom is 0.222 e. The molecule has 7 heteroatoms. The normalized spacial score (nSPS) is 11.0. The van der Waals surface area contributed by atoms with E-state index in [-0.39, 0.29) is 6.04 Å². The van der Waals surface area contributed by atoms with Gasteiger partial charge in [-0.1, -0.05) is 32.4 Å². The van der Waals surface area contributed by atoms with Gasteiger partial charge in [0, 0.05) is 25.5 Å². The van der Waals surface area contributed by atoms with Gasteiger partial charge in [-0.2, -0.15) is 11.8 Å². The molecule has 25 heavy (non-hydrogen) atoms. The van der Waals surface area contributed by atoms with Gasteiger partial charge in [-0.25, -0.2) is 9.97 Å². The van der Waals surface area contributed by atoms with Crippen molar-refractivity contribution in [3.8, 4) is 5.88 Å². The van der Waals surface area contributed by atoms with E-state index in [9.17, 15) is 0 Å². The van der Waals surface area contributed by atoms with Crippen LogP contribution in [0.4, 0.5) is 0 Å². The first-order valence-corrected chi connectivity index (χ1v) is 10.2. The third-order valence-corrected chi connectivity index (χ3v) is 4.21. The fraction of sp³-hybridized carbons (Fsp3) is 0.556. The van der Waals surface area contributed by atoms with Crippen LogP contribution in [0.5, 0.6) is 5.88 Å². The number of ether oxygens (including phenoxy) is 1. The number of aliphatic hydroxyl groups excluding tert-OH is 1. The number of rotatable bonds is 7. The Morgan fingerprint density at radius 1 is 1.24 bits per heavy atom. The maximum atomic E-state index is 7.00. The van der Waals surface area contributed by atoms with Crippen LogP contribution in [0.15, 0.2) is 18.5 Å². The Balaban J connectivity index is 0.00000134. The van der Waals surface area contributed by atoms with E-state index in [1.165, 1.54) is 0 Å². The molecule has 2 aromatic rings. The summed E-state index contributed by atoms with van der Waals surface area (Å²) < 4.78 is 5.78. The van der Waals surface area contributed by atoms with Crippen LogP contribution >= 0.6 is 23.4 Å². The van der Waals surface area contributed by atoms with Crippen molar-refractivity contribution >= 4 is 34.1 Å². The second-order valence-electron chi connectivity index (χ2n) is 4.78. The van der Waals surface area contributed by atoms with E-state index in [0.717, 1.165) is 42.0 Å². The summed E-state index contributed by atoms with van der Waals surface area (Å²) in [5.74, 6) is 1.67. The second-order valence-corrected chi connectivity index (χ2v) is 6.15. The topological polar surface area (TPSA) is 81.3 Å². The van der Waals surface area contributed by atoms with Crippen molar-refractivity contribution in [2.75, 3.05) is 25.7 Å². The Morgan fingerprint density at radius 2 is 1.92 bits per heavy atom. The van der Waals surface area contributed by atoms with E-state index < -0.39 is 0 Å². The molecule has 1 atom stereocenters. The number of halogens is 1. The molecule has 0 aliphatic carbocycles. The van der Waals surface area contributed by atoms with E-state index >= 15 is 0 Å². The summed E-state index contributed by atoms with van der Waals surface area (Å²) >= 11 is 7.83. The number of aromatic nitrogens is 2. The molecular formula is C18H30ClN3O2S. The molecule has 0 aromatic carbocycles. The molecule has 0 aliphatic heterocycles. The SMILES string of the molecule is CC.CCC(N)c1cnc(OCCCSC)c2cnc(Cl)cc12.CO. The van der Waals surface area contributed by atoms with Gasteiger partial charge < -0.3 is 15.6 Å². The fourth-order valence-corrected chi connectivity index (χ4v) is 2.67. The van der Waals surface area contributed by atoms with E-state index in [2.05, 4.69) is 16.2 Å². The van der Waals surface area contributed by atoms with Crippen LogP contribution in [0.3, 0.4) is 0 Å². The summed E-state index contributed by atoms with van der Waals surface area (Å²) in [7, 11) is 1.00. The van der Waals surface area contributed by atoms with E-state index in [0.29, 0.717) is 17.6 Å². The lowest BCUT2D eigenvalue weighted by Crippen LogP contribution is -2.10. The van der Waals surface area contributed by atoms with Gasteiger partial charge in [0.1, 0.15) is 5.15 Å². The minimum Gasteiger partial charge on any atom is -0.477 e.